The maximum atomic E-state index is 13.2. The average molecular weight is 444 g/mol. The summed E-state index contributed by atoms with van der Waals surface area (Å²) in [6.45, 7) is 5.41. The topological polar surface area (TPSA) is 72.9 Å². The molecule has 0 aliphatic rings. The van der Waals surface area contributed by atoms with Gasteiger partial charge in [-0.1, -0.05) is 29.3 Å². The summed E-state index contributed by atoms with van der Waals surface area (Å²) in [5.74, 6) is -0.287. The van der Waals surface area contributed by atoms with E-state index in [-0.39, 0.29) is 39.3 Å². The van der Waals surface area contributed by atoms with Crippen LogP contribution >= 0.6 is 23.2 Å². The number of ether oxygens (including phenoxy) is 2. The van der Waals surface area contributed by atoms with Crippen molar-refractivity contribution in [2.75, 3.05) is 24.6 Å². The van der Waals surface area contributed by atoms with Gasteiger partial charge in [0.15, 0.2) is 0 Å². The summed E-state index contributed by atoms with van der Waals surface area (Å²) in [6.07, 6.45) is 1.43. The lowest BCUT2D eigenvalue weighted by atomic mass is 10.2. The van der Waals surface area contributed by atoms with E-state index in [9.17, 15) is 13.2 Å². The number of carbonyl (C=O) groups is 1. The molecule has 0 unspecified atom stereocenters. The second kappa shape index (κ2) is 9.32. The van der Waals surface area contributed by atoms with Gasteiger partial charge in [0.05, 0.1) is 46.5 Å². The highest BCUT2D eigenvalue weighted by Crippen LogP contribution is 2.32. The van der Waals surface area contributed by atoms with E-state index in [0.29, 0.717) is 5.75 Å². The van der Waals surface area contributed by atoms with E-state index in [2.05, 4.69) is 6.58 Å². The second-order valence-electron chi connectivity index (χ2n) is 5.51. The molecule has 0 saturated carbocycles. The highest BCUT2D eigenvalue weighted by atomic mass is 35.5. The quantitative estimate of drug-likeness (QED) is 0.441. The summed E-state index contributed by atoms with van der Waals surface area (Å²) in [5, 5.41) is 0.316. The smallest absolute Gasteiger partial charge is 0.339 e. The van der Waals surface area contributed by atoms with Crippen molar-refractivity contribution in [3.8, 4) is 5.75 Å². The largest absolute Gasteiger partial charge is 0.495 e. The molecule has 150 valence electrons. The summed E-state index contributed by atoms with van der Waals surface area (Å²) in [4.78, 5) is 12.1. The van der Waals surface area contributed by atoms with Gasteiger partial charge < -0.3 is 9.47 Å². The van der Waals surface area contributed by atoms with Gasteiger partial charge in [0.25, 0.3) is 10.0 Å². The SMILES string of the molecule is C=CCN(c1ccc(Cl)c(C(=O)OCC)c1)S(=O)(=O)c1ccc(OC)c(Cl)c1. The van der Waals surface area contributed by atoms with E-state index in [4.69, 9.17) is 32.7 Å². The zero-order chi connectivity index (χ0) is 20.9. The molecule has 0 aromatic heterocycles. The van der Waals surface area contributed by atoms with Crippen molar-refractivity contribution in [2.45, 2.75) is 11.8 Å². The van der Waals surface area contributed by atoms with E-state index >= 15 is 0 Å². The molecular formula is C19H19Cl2NO5S. The monoisotopic (exact) mass is 443 g/mol. The molecule has 0 saturated heterocycles. The molecule has 9 heteroatoms. The molecule has 28 heavy (non-hydrogen) atoms. The van der Waals surface area contributed by atoms with Gasteiger partial charge in [-0.15, -0.1) is 6.58 Å². The maximum Gasteiger partial charge on any atom is 0.339 e. The Bertz CT molecular complexity index is 992. The van der Waals surface area contributed by atoms with Crippen LogP contribution in [-0.4, -0.2) is 34.6 Å². The van der Waals surface area contributed by atoms with E-state index in [1.54, 1.807) is 6.92 Å². The number of rotatable bonds is 8. The molecule has 0 fully saturated rings. The predicted molar refractivity (Wildman–Crippen MR) is 110 cm³/mol. The first-order chi connectivity index (χ1) is 13.3. The third-order valence-corrected chi connectivity index (χ3v) is 6.15. The molecule has 0 aliphatic heterocycles. The first-order valence-electron chi connectivity index (χ1n) is 8.20. The van der Waals surface area contributed by atoms with Gasteiger partial charge in [-0.3, -0.25) is 4.31 Å². The number of hydrogen-bond donors (Lipinski definition) is 0. The molecule has 0 spiro atoms. The first-order valence-corrected chi connectivity index (χ1v) is 10.4. The minimum atomic E-state index is -4.00. The van der Waals surface area contributed by atoms with Gasteiger partial charge in [0.2, 0.25) is 0 Å². The molecular weight excluding hydrogens is 425 g/mol. The van der Waals surface area contributed by atoms with Crippen molar-refractivity contribution in [1.82, 2.24) is 0 Å². The van der Waals surface area contributed by atoms with Crippen molar-refractivity contribution in [1.29, 1.82) is 0 Å². The summed E-state index contributed by atoms with van der Waals surface area (Å²) in [7, 11) is -2.57. The molecule has 0 heterocycles. The summed E-state index contributed by atoms with van der Waals surface area (Å²) in [6, 6.07) is 8.46. The number of anilines is 1. The predicted octanol–water partition coefficient (Wildman–Crippen LogP) is 4.56. The Hall–Kier alpha value is -2.22. The molecule has 6 nitrogen and oxygen atoms in total. The number of sulfonamides is 1. The van der Waals surface area contributed by atoms with Crippen molar-refractivity contribution >= 4 is 44.9 Å². The van der Waals surface area contributed by atoms with Crippen LogP contribution in [0.5, 0.6) is 5.75 Å². The molecule has 2 rings (SSSR count). The number of halogens is 2. The van der Waals surface area contributed by atoms with Gasteiger partial charge in [0, 0.05) is 0 Å². The third-order valence-electron chi connectivity index (χ3n) is 3.74. The van der Waals surface area contributed by atoms with E-state index in [1.807, 2.05) is 0 Å². The van der Waals surface area contributed by atoms with Crippen LogP contribution in [0.15, 0.2) is 53.9 Å². The number of methoxy groups -OCH3 is 1. The molecule has 0 bridgehead atoms. The molecule has 0 N–H and O–H groups in total. The number of hydrogen-bond acceptors (Lipinski definition) is 5. The molecule has 0 amide bonds. The van der Waals surface area contributed by atoms with Crippen molar-refractivity contribution in [3.63, 3.8) is 0 Å². The number of benzene rings is 2. The molecule has 2 aromatic carbocycles. The van der Waals surface area contributed by atoms with Crippen LogP contribution in [0.1, 0.15) is 17.3 Å². The summed E-state index contributed by atoms with van der Waals surface area (Å²) >= 11 is 12.2. The van der Waals surface area contributed by atoms with Gasteiger partial charge in [-0.25, -0.2) is 13.2 Å². The van der Waals surface area contributed by atoms with E-state index in [0.717, 1.165) is 4.31 Å². The first kappa shape index (κ1) is 22.1. The lowest BCUT2D eigenvalue weighted by Gasteiger charge is -2.24. The van der Waals surface area contributed by atoms with Crippen LogP contribution in [0.25, 0.3) is 0 Å². The van der Waals surface area contributed by atoms with Crippen molar-refractivity contribution < 1.29 is 22.7 Å². The van der Waals surface area contributed by atoms with Crippen LogP contribution in [0, 0.1) is 0 Å². The highest BCUT2D eigenvalue weighted by Gasteiger charge is 2.26. The minimum Gasteiger partial charge on any atom is -0.495 e. The Morgan fingerprint density at radius 1 is 1.18 bits per heavy atom. The molecule has 0 atom stereocenters. The fourth-order valence-corrected chi connectivity index (χ4v) is 4.40. The summed E-state index contributed by atoms with van der Waals surface area (Å²) in [5.41, 5.74) is 0.303. The van der Waals surface area contributed by atoms with Gasteiger partial charge in [0.1, 0.15) is 5.75 Å². The second-order valence-corrected chi connectivity index (χ2v) is 8.18. The molecule has 2 aromatic rings. The van der Waals surface area contributed by atoms with Crippen LogP contribution in [0.2, 0.25) is 10.0 Å². The van der Waals surface area contributed by atoms with Gasteiger partial charge >= 0.3 is 5.97 Å². The van der Waals surface area contributed by atoms with Crippen molar-refractivity contribution in [3.05, 3.63) is 64.7 Å². The normalized spacial score (nSPS) is 11.0. The van der Waals surface area contributed by atoms with Gasteiger partial charge in [-0.05, 0) is 43.3 Å². The Morgan fingerprint density at radius 2 is 1.89 bits per heavy atom. The molecule has 0 radical (unpaired) electrons. The van der Waals surface area contributed by atoms with Crippen LogP contribution in [-0.2, 0) is 14.8 Å². The maximum absolute atomic E-state index is 13.2. The molecule has 0 aliphatic carbocycles. The van der Waals surface area contributed by atoms with Gasteiger partial charge in [-0.2, -0.15) is 0 Å². The third kappa shape index (κ3) is 4.60. The Morgan fingerprint density at radius 3 is 2.46 bits per heavy atom. The Kier molecular flexibility index (Phi) is 7.35. The standard InChI is InChI=1S/C19H19Cl2NO5S/c1-4-10-22(13-6-8-16(20)15(11-13)19(23)27-5-2)28(24,25)14-7-9-18(26-3)17(21)12-14/h4,6-9,11-12H,1,5,10H2,2-3H3. The van der Waals surface area contributed by atoms with Crippen LogP contribution in [0.3, 0.4) is 0 Å². The fraction of sp³-hybridized carbons (Fsp3) is 0.211. The van der Waals surface area contributed by atoms with Crippen LogP contribution in [0.4, 0.5) is 5.69 Å². The zero-order valence-corrected chi connectivity index (χ0v) is 17.6. The lowest BCUT2D eigenvalue weighted by molar-refractivity contribution is 0.0526. The number of nitrogens with zero attached hydrogens (tertiary/aromatic N) is 1. The lowest BCUT2D eigenvalue weighted by Crippen LogP contribution is -2.31. The summed E-state index contributed by atoms with van der Waals surface area (Å²) < 4.78 is 37.5. The van der Waals surface area contributed by atoms with E-state index in [1.165, 1.54) is 49.6 Å². The van der Waals surface area contributed by atoms with Crippen LogP contribution < -0.4 is 9.04 Å². The fourth-order valence-electron chi connectivity index (χ4n) is 2.43. The van der Waals surface area contributed by atoms with E-state index < -0.39 is 16.0 Å². The van der Waals surface area contributed by atoms with Crippen molar-refractivity contribution in [2.24, 2.45) is 0 Å². The Labute approximate surface area is 174 Å². The number of esters is 1. The minimum absolute atomic E-state index is 0.0319. The Balaban J connectivity index is 2.55. The zero-order valence-electron chi connectivity index (χ0n) is 15.3. The number of carbonyl (C=O) groups excluding carboxylic acids is 1. The highest BCUT2D eigenvalue weighted by molar-refractivity contribution is 7.92. The average Bonchev–Trinajstić information content (AvgIpc) is 2.66.